The van der Waals surface area contributed by atoms with Crippen molar-refractivity contribution in [2.24, 2.45) is 0 Å². The Morgan fingerprint density at radius 3 is 2.69 bits per heavy atom. The van der Waals surface area contributed by atoms with Gasteiger partial charge >= 0.3 is 0 Å². The van der Waals surface area contributed by atoms with Crippen LogP contribution in [0.4, 0.5) is 0 Å². The number of hydrogen-bond donors (Lipinski definition) is 1. The Labute approximate surface area is 94.1 Å². The quantitative estimate of drug-likeness (QED) is 0.786. The zero-order valence-corrected chi connectivity index (χ0v) is 9.19. The van der Waals surface area contributed by atoms with E-state index in [0.29, 0.717) is 11.1 Å². The van der Waals surface area contributed by atoms with E-state index in [0.717, 1.165) is 24.8 Å². The molecule has 1 atom stereocenters. The molecule has 0 amide bonds. The first-order valence-corrected chi connectivity index (χ1v) is 5.55. The van der Waals surface area contributed by atoms with Crippen LogP contribution in [0.5, 0.6) is 0 Å². The number of carbonyl (C=O) groups excluding carboxylic acids is 2. The van der Waals surface area contributed by atoms with Gasteiger partial charge < -0.3 is 5.11 Å². The van der Waals surface area contributed by atoms with Crippen LogP contribution in [0, 0.1) is 0 Å². The van der Waals surface area contributed by atoms with E-state index in [1.165, 1.54) is 0 Å². The second-order valence-electron chi connectivity index (χ2n) is 4.07. The summed E-state index contributed by atoms with van der Waals surface area (Å²) >= 11 is 0. The maximum absolute atomic E-state index is 11.7. The smallest absolute Gasteiger partial charge is 0.200 e. The van der Waals surface area contributed by atoms with Crippen LogP contribution in [0.3, 0.4) is 0 Å². The summed E-state index contributed by atoms with van der Waals surface area (Å²) in [6, 6.07) is 5.24. The van der Waals surface area contributed by atoms with E-state index >= 15 is 0 Å². The summed E-state index contributed by atoms with van der Waals surface area (Å²) < 4.78 is 0. The second-order valence-corrected chi connectivity index (χ2v) is 4.07. The van der Waals surface area contributed by atoms with Crippen LogP contribution in [-0.2, 0) is 6.42 Å². The minimum Gasteiger partial charge on any atom is -0.377 e. The largest absolute Gasteiger partial charge is 0.377 e. The summed E-state index contributed by atoms with van der Waals surface area (Å²) in [6.07, 6.45) is 1.33. The Hall–Kier alpha value is -1.48. The average molecular weight is 218 g/mol. The molecule has 1 aliphatic rings. The third kappa shape index (κ3) is 1.57. The molecule has 1 N–H and O–H groups in total. The predicted octanol–water partition coefficient (Wildman–Crippen LogP) is 1.77. The van der Waals surface area contributed by atoms with Crippen molar-refractivity contribution in [3.63, 3.8) is 0 Å². The van der Waals surface area contributed by atoms with Crippen molar-refractivity contribution in [2.45, 2.75) is 32.3 Å². The number of hydrogen-bond acceptors (Lipinski definition) is 3. The van der Waals surface area contributed by atoms with Crippen LogP contribution < -0.4 is 0 Å². The second kappa shape index (κ2) is 4.18. The lowest BCUT2D eigenvalue weighted by Gasteiger charge is -2.05. The molecule has 0 fully saturated rings. The van der Waals surface area contributed by atoms with Gasteiger partial charge in [0.15, 0.2) is 17.7 Å². The molecule has 84 valence electrons. The summed E-state index contributed by atoms with van der Waals surface area (Å²) in [5.74, 6) is -0.898. The van der Waals surface area contributed by atoms with Crippen molar-refractivity contribution in [1.29, 1.82) is 0 Å². The third-order valence-electron chi connectivity index (χ3n) is 2.96. The zero-order valence-electron chi connectivity index (χ0n) is 9.19. The van der Waals surface area contributed by atoms with Gasteiger partial charge in [0.1, 0.15) is 0 Å². The van der Waals surface area contributed by atoms with Crippen LogP contribution in [0.25, 0.3) is 0 Å². The molecule has 0 saturated heterocycles. The van der Waals surface area contributed by atoms with Crippen molar-refractivity contribution in [1.82, 2.24) is 0 Å². The highest BCUT2D eigenvalue weighted by Gasteiger charge is 2.38. The minimum atomic E-state index is -1.47. The van der Waals surface area contributed by atoms with Gasteiger partial charge in [0, 0.05) is 11.1 Å². The molecule has 3 heteroatoms. The Morgan fingerprint density at radius 2 is 2.00 bits per heavy atom. The Bertz CT molecular complexity index is 448. The molecule has 0 aromatic heterocycles. The Morgan fingerprint density at radius 1 is 1.25 bits per heavy atom. The van der Waals surface area contributed by atoms with Crippen LogP contribution in [0.1, 0.15) is 46.0 Å². The highest BCUT2D eigenvalue weighted by Crippen LogP contribution is 2.26. The van der Waals surface area contributed by atoms with Crippen LogP contribution in [0.2, 0.25) is 0 Å². The van der Waals surface area contributed by atoms with Gasteiger partial charge in [-0.1, -0.05) is 31.5 Å². The van der Waals surface area contributed by atoms with Crippen LogP contribution in [-0.4, -0.2) is 22.8 Å². The molecule has 16 heavy (non-hydrogen) atoms. The van der Waals surface area contributed by atoms with Gasteiger partial charge in [-0.2, -0.15) is 0 Å². The molecular formula is C13H14O3. The lowest BCUT2D eigenvalue weighted by atomic mass is 9.98. The summed E-state index contributed by atoms with van der Waals surface area (Å²) in [5, 5.41) is 9.44. The number of benzene rings is 1. The number of aryl methyl sites for hydroxylation is 1. The molecule has 1 aliphatic carbocycles. The van der Waals surface area contributed by atoms with Gasteiger partial charge in [0.2, 0.25) is 0 Å². The average Bonchev–Trinajstić information content (AvgIpc) is 2.53. The summed E-state index contributed by atoms with van der Waals surface area (Å²) in [6.45, 7) is 2.07. The van der Waals surface area contributed by atoms with Gasteiger partial charge in [-0.05, 0) is 18.4 Å². The first-order valence-electron chi connectivity index (χ1n) is 5.55. The molecule has 1 unspecified atom stereocenters. The van der Waals surface area contributed by atoms with E-state index in [1.807, 2.05) is 6.07 Å². The fraction of sp³-hybridized carbons (Fsp3) is 0.385. The number of ketones is 2. The molecule has 2 rings (SSSR count). The molecule has 1 aromatic rings. The standard InChI is InChI=1S/C13H14O3/c1-2-3-5-8-6-4-7-9-10(8)12(15)13(16)11(9)14/h4,6-7,13,16H,2-3,5H2,1H3. The maximum Gasteiger partial charge on any atom is 0.200 e. The minimum absolute atomic E-state index is 0.381. The van der Waals surface area contributed by atoms with Gasteiger partial charge in [-0.3, -0.25) is 9.59 Å². The van der Waals surface area contributed by atoms with Crippen molar-refractivity contribution >= 4 is 11.6 Å². The molecule has 1 aromatic carbocycles. The molecule has 0 bridgehead atoms. The van der Waals surface area contributed by atoms with Crippen LogP contribution >= 0.6 is 0 Å². The fourth-order valence-corrected chi connectivity index (χ4v) is 2.08. The summed E-state index contributed by atoms with van der Waals surface area (Å²) in [4.78, 5) is 23.3. The lowest BCUT2D eigenvalue weighted by Crippen LogP contribution is -2.21. The maximum atomic E-state index is 11.7. The van der Waals surface area contributed by atoms with Gasteiger partial charge in [0.05, 0.1) is 0 Å². The summed E-state index contributed by atoms with van der Waals surface area (Å²) in [7, 11) is 0. The van der Waals surface area contributed by atoms with E-state index in [9.17, 15) is 14.7 Å². The highest BCUT2D eigenvalue weighted by atomic mass is 16.3. The third-order valence-corrected chi connectivity index (χ3v) is 2.96. The Balaban J connectivity index is 2.45. The number of aliphatic hydroxyl groups excluding tert-OH is 1. The van der Waals surface area contributed by atoms with E-state index in [1.54, 1.807) is 12.1 Å². The topological polar surface area (TPSA) is 54.4 Å². The number of aliphatic hydroxyl groups is 1. The first-order chi connectivity index (χ1) is 7.66. The molecule has 0 aliphatic heterocycles. The van der Waals surface area contributed by atoms with E-state index in [4.69, 9.17) is 0 Å². The van der Waals surface area contributed by atoms with E-state index < -0.39 is 17.7 Å². The number of carbonyl (C=O) groups is 2. The number of Topliss-reactive ketones (excluding diaryl/α,β-unsaturated/α-hetero) is 2. The number of rotatable bonds is 3. The normalized spacial score (nSPS) is 19.0. The van der Waals surface area contributed by atoms with Gasteiger partial charge in [-0.15, -0.1) is 0 Å². The van der Waals surface area contributed by atoms with Crippen molar-refractivity contribution in [2.75, 3.05) is 0 Å². The van der Waals surface area contributed by atoms with Crippen molar-refractivity contribution in [3.05, 3.63) is 34.9 Å². The lowest BCUT2D eigenvalue weighted by molar-refractivity contribution is 0.0663. The summed E-state index contributed by atoms with van der Waals surface area (Å²) in [5.41, 5.74) is 1.70. The zero-order chi connectivity index (χ0) is 11.7. The number of unbranched alkanes of at least 4 members (excludes halogenated alkanes) is 1. The van der Waals surface area contributed by atoms with E-state index in [2.05, 4.69) is 6.92 Å². The molecule has 3 nitrogen and oxygen atoms in total. The highest BCUT2D eigenvalue weighted by molar-refractivity contribution is 6.28. The van der Waals surface area contributed by atoms with Gasteiger partial charge in [0.25, 0.3) is 0 Å². The molecule has 0 saturated carbocycles. The predicted molar refractivity (Wildman–Crippen MR) is 59.7 cm³/mol. The SMILES string of the molecule is CCCCc1cccc2c1C(=O)C(O)C2=O. The molecule has 0 spiro atoms. The van der Waals surface area contributed by atoms with Crippen LogP contribution in [0.15, 0.2) is 18.2 Å². The van der Waals surface area contributed by atoms with E-state index in [-0.39, 0.29) is 0 Å². The monoisotopic (exact) mass is 218 g/mol. The van der Waals surface area contributed by atoms with Crippen molar-refractivity contribution in [3.8, 4) is 0 Å². The van der Waals surface area contributed by atoms with Crippen molar-refractivity contribution < 1.29 is 14.7 Å². The fourth-order valence-electron chi connectivity index (χ4n) is 2.08. The molecule has 0 heterocycles. The number of fused-ring (bicyclic) bond motifs is 1. The molecule has 0 radical (unpaired) electrons. The first kappa shape index (κ1) is 11.0. The molecular weight excluding hydrogens is 204 g/mol. The Kier molecular flexibility index (Phi) is 2.88. The van der Waals surface area contributed by atoms with Gasteiger partial charge in [-0.25, -0.2) is 0 Å².